The van der Waals surface area contributed by atoms with Gasteiger partial charge in [-0.05, 0) is 67.9 Å². The number of para-hydroxylation sites is 1. The van der Waals surface area contributed by atoms with Gasteiger partial charge in [0, 0.05) is 11.4 Å². The number of sulfone groups is 1. The van der Waals surface area contributed by atoms with Gasteiger partial charge in [-0.15, -0.1) is 5.10 Å². The number of aryl methyl sites for hydroxylation is 1. The van der Waals surface area contributed by atoms with Crippen LogP contribution < -0.4 is 5.32 Å². The third-order valence-corrected chi connectivity index (χ3v) is 8.14. The summed E-state index contributed by atoms with van der Waals surface area (Å²) in [7, 11) is -3.86. The summed E-state index contributed by atoms with van der Waals surface area (Å²) in [5.74, 6) is 1.43. The Morgan fingerprint density at radius 1 is 1.03 bits per heavy atom. The first-order valence-corrected chi connectivity index (χ1v) is 12.7. The molecule has 1 aliphatic carbocycles. The van der Waals surface area contributed by atoms with E-state index in [9.17, 15) is 8.42 Å². The van der Waals surface area contributed by atoms with Crippen LogP contribution in [-0.2, 0) is 16.3 Å². The lowest BCUT2D eigenvalue weighted by Crippen LogP contribution is -2.26. The maximum absolute atomic E-state index is 13.4. The summed E-state index contributed by atoms with van der Waals surface area (Å²) < 4.78 is 28.3. The van der Waals surface area contributed by atoms with E-state index >= 15 is 0 Å². The molecule has 2 aromatic heterocycles. The fourth-order valence-electron chi connectivity index (χ4n) is 4.44. The van der Waals surface area contributed by atoms with Crippen molar-refractivity contribution in [1.82, 2.24) is 19.8 Å². The molecule has 32 heavy (non-hydrogen) atoms. The first kappa shape index (κ1) is 20.9. The Morgan fingerprint density at radius 3 is 2.47 bits per heavy atom. The van der Waals surface area contributed by atoms with Crippen LogP contribution in [0.2, 0.25) is 0 Å². The maximum atomic E-state index is 13.4. The quantitative estimate of drug-likeness (QED) is 0.476. The van der Waals surface area contributed by atoms with Crippen LogP contribution in [0.15, 0.2) is 58.5 Å². The van der Waals surface area contributed by atoms with Gasteiger partial charge in [0.25, 0.3) is 0 Å². The summed E-state index contributed by atoms with van der Waals surface area (Å²) in [6, 6.07) is 15.0. The molecule has 8 heteroatoms. The highest BCUT2D eigenvalue weighted by Crippen LogP contribution is 2.31. The van der Waals surface area contributed by atoms with Gasteiger partial charge in [0.2, 0.25) is 14.9 Å². The van der Waals surface area contributed by atoms with Crippen molar-refractivity contribution in [2.75, 3.05) is 5.32 Å². The molecule has 0 bridgehead atoms. The van der Waals surface area contributed by atoms with Crippen molar-refractivity contribution in [2.24, 2.45) is 5.92 Å². The van der Waals surface area contributed by atoms with Crippen LogP contribution in [0.4, 0.5) is 5.82 Å². The van der Waals surface area contributed by atoms with Crippen molar-refractivity contribution in [2.45, 2.75) is 61.9 Å². The van der Waals surface area contributed by atoms with Gasteiger partial charge >= 0.3 is 0 Å². The maximum Gasteiger partial charge on any atom is 0.229 e. The zero-order chi connectivity index (χ0) is 22.3. The predicted octanol–water partition coefficient (Wildman–Crippen LogP) is 4.66. The predicted molar refractivity (Wildman–Crippen MR) is 125 cm³/mol. The summed E-state index contributed by atoms with van der Waals surface area (Å²) in [6.07, 6.45) is 5.36. The number of fused-ring (bicyclic) bond motifs is 3. The minimum absolute atomic E-state index is 0.118. The van der Waals surface area contributed by atoms with Gasteiger partial charge in [-0.1, -0.05) is 43.3 Å². The van der Waals surface area contributed by atoms with Crippen molar-refractivity contribution >= 4 is 32.2 Å². The van der Waals surface area contributed by atoms with Crippen LogP contribution in [-0.4, -0.2) is 34.3 Å². The second-order valence-corrected chi connectivity index (χ2v) is 10.6. The largest absolute Gasteiger partial charge is 0.367 e. The summed E-state index contributed by atoms with van der Waals surface area (Å²) in [4.78, 5) is 4.95. The lowest BCUT2D eigenvalue weighted by atomic mass is 9.87. The Kier molecular flexibility index (Phi) is 5.33. The Morgan fingerprint density at radius 2 is 1.75 bits per heavy atom. The fourth-order valence-corrected chi connectivity index (χ4v) is 5.68. The highest BCUT2D eigenvalue weighted by atomic mass is 32.2. The molecule has 0 unspecified atom stereocenters. The van der Waals surface area contributed by atoms with Crippen LogP contribution in [0.5, 0.6) is 0 Å². The standard InChI is InChI=1S/C24H27N5O2S/c1-3-17-10-14-19(15-11-17)32(30,31)24-23-26-22(25-18-12-8-16(2)9-13-18)20-6-4-5-7-21(20)29(23)28-27-24/h4-7,10-11,14-16,18H,3,8-9,12-13H2,1-2H3,(H,25,26). The third-order valence-electron chi connectivity index (χ3n) is 6.48. The molecule has 7 nitrogen and oxygen atoms in total. The van der Waals surface area contributed by atoms with Crippen molar-refractivity contribution < 1.29 is 8.42 Å². The average molecular weight is 450 g/mol. The summed E-state index contributed by atoms with van der Waals surface area (Å²) >= 11 is 0. The van der Waals surface area contributed by atoms with Crippen molar-refractivity contribution in [3.63, 3.8) is 0 Å². The molecule has 0 radical (unpaired) electrons. The van der Waals surface area contributed by atoms with Gasteiger partial charge in [0.15, 0.2) is 5.65 Å². The zero-order valence-corrected chi connectivity index (χ0v) is 19.1. The Hall–Kier alpha value is -3.00. The van der Waals surface area contributed by atoms with Crippen molar-refractivity contribution in [3.8, 4) is 0 Å². The smallest absolute Gasteiger partial charge is 0.229 e. The number of anilines is 1. The van der Waals surface area contributed by atoms with Crippen LogP contribution in [0.25, 0.3) is 16.6 Å². The van der Waals surface area contributed by atoms with Gasteiger partial charge in [-0.25, -0.2) is 13.4 Å². The van der Waals surface area contributed by atoms with Crippen LogP contribution in [0, 0.1) is 5.92 Å². The van der Waals surface area contributed by atoms with E-state index in [1.54, 1.807) is 12.1 Å². The molecule has 166 valence electrons. The summed E-state index contributed by atoms with van der Waals surface area (Å²) in [6.45, 7) is 4.32. The second kappa shape index (κ2) is 8.16. The van der Waals surface area contributed by atoms with Crippen molar-refractivity contribution in [1.29, 1.82) is 0 Å². The average Bonchev–Trinajstić information content (AvgIpc) is 3.26. The number of nitrogens with zero attached hydrogens (tertiary/aromatic N) is 4. The number of benzene rings is 2. The first-order valence-electron chi connectivity index (χ1n) is 11.2. The highest BCUT2D eigenvalue weighted by Gasteiger charge is 2.28. The summed E-state index contributed by atoms with van der Waals surface area (Å²) in [5, 5.41) is 12.6. The molecule has 1 saturated carbocycles. The Bertz CT molecular complexity index is 1370. The normalized spacial score (nSPS) is 19.4. The van der Waals surface area contributed by atoms with E-state index in [4.69, 9.17) is 4.98 Å². The number of hydrogen-bond acceptors (Lipinski definition) is 6. The van der Waals surface area contributed by atoms with E-state index in [2.05, 4.69) is 22.6 Å². The second-order valence-electron chi connectivity index (χ2n) is 8.71. The van der Waals surface area contributed by atoms with Gasteiger partial charge in [-0.3, -0.25) is 0 Å². The Labute approximate surface area is 187 Å². The van der Waals surface area contributed by atoms with E-state index in [0.717, 1.165) is 41.6 Å². The summed E-state index contributed by atoms with van der Waals surface area (Å²) in [5.41, 5.74) is 2.10. The lowest BCUT2D eigenvalue weighted by molar-refractivity contribution is 0.361. The number of rotatable bonds is 5. The molecule has 0 saturated heterocycles. The number of nitrogens with one attached hydrogen (secondary N) is 1. The molecule has 2 heterocycles. The highest BCUT2D eigenvalue weighted by molar-refractivity contribution is 7.91. The van der Waals surface area contributed by atoms with Crippen LogP contribution in [0.1, 0.15) is 45.1 Å². The Balaban J connectivity index is 1.63. The van der Waals surface area contributed by atoms with E-state index in [-0.39, 0.29) is 15.6 Å². The molecule has 0 spiro atoms. The van der Waals surface area contributed by atoms with E-state index in [1.807, 2.05) is 43.3 Å². The molecular formula is C24H27N5O2S. The molecule has 4 aromatic rings. The molecule has 5 rings (SSSR count). The molecular weight excluding hydrogens is 422 g/mol. The minimum Gasteiger partial charge on any atom is -0.367 e. The first-order chi connectivity index (χ1) is 15.5. The van der Waals surface area contributed by atoms with Gasteiger partial charge in [0.1, 0.15) is 5.82 Å². The fraction of sp³-hybridized carbons (Fsp3) is 0.375. The van der Waals surface area contributed by atoms with E-state index in [0.29, 0.717) is 11.9 Å². The molecule has 1 fully saturated rings. The number of hydrogen-bond donors (Lipinski definition) is 1. The zero-order valence-electron chi connectivity index (χ0n) is 18.3. The molecule has 0 aliphatic heterocycles. The molecule has 0 amide bonds. The monoisotopic (exact) mass is 449 g/mol. The third kappa shape index (κ3) is 3.62. The SMILES string of the molecule is CCc1ccc(S(=O)(=O)c2nnn3c2nc(NC2CCC(C)CC2)c2ccccc23)cc1. The molecule has 1 aliphatic rings. The van der Waals surface area contributed by atoms with Gasteiger partial charge in [-0.2, -0.15) is 4.52 Å². The molecule has 1 N–H and O–H groups in total. The van der Waals surface area contributed by atoms with Gasteiger partial charge < -0.3 is 5.32 Å². The lowest BCUT2D eigenvalue weighted by Gasteiger charge is -2.27. The van der Waals surface area contributed by atoms with Gasteiger partial charge in [0.05, 0.1) is 10.4 Å². The van der Waals surface area contributed by atoms with E-state index < -0.39 is 9.84 Å². The van der Waals surface area contributed by atoms with Crippen LogP contribution in [0.3, 0.4) is 0 Å². The van der Waals surface area contributed by atoms with Crippen molar-refractivity contribution in [3.05, 3.63) is 54.1 Å². The minimum atomic E-state index is -3.86. The van der Waals surface area contributed by atoms with E-state index in [1.165, 1.54) is 17.4 Å². The molecule has 0 atom stereocenters. The molecule has 2 aromatic carbocycles. The van der Waals surface area contributed by atoms with Crippen LogP contribution >= 0.6 is 0 Å². The number of aromatic nitrogens is 4. The topological polar surface area (TPSA) is 89.2 Å².